The van der Waals surface area contributed by atoms with E-state index < -0.39 is 0 Å². The first-order valence-corrected chi connectivity index (χ1v) is 9.32. The molecule has 1 aliphatic rings. The first-order chi connectivity index (χ1) is 12.8. The summed E-state index contributed by atoms with van der Waals surface area (Å²) in [5.41, 5.74) is 0.775. The second-order valence-electron chi connectivity index (χ2n) is 5.93. The molecule has 1 saturated heterocycles. The van der Waals surface area contributed by atoms with Gasteiger partial charge in [-0.05, 0) is 25.0 Å². The molecule has 0 spiro atoms. The van der Waals surface area contributed by atoms with E-state index in [-0.39, 0.29) is 11.8 Å². The molecule has 0 aliphatic carbocycles. The van der Waals surface area contributed by atoms with E-state index in [4.69, 9.17) is 8.83 Å². The predicted molar refractivity (Wildman–Crippen MR) is 93.3 cm³/mol. The molecule has 9 heteroatoms. The summed E-state index contributed by atoms with van der Waals surface area (Å²) in [5.74, 6) is 1.72. The number of likely N-dealkylation sites (tertiary alicyclic amines) is 1. The average Bonchev–Trinajstić information content (AvgIpc) is 3.38. The smallest absolute Gasteiger partial charge is 0.250 e. The number of carbonyl (C=O) groups is 1. The largest absolute Gasteiger partial charge is 0.472 e. The third-order valence-electron chi connectivity index (χ3n) is 4.27. The Labute approximate surface area is 154 Å². The van der Waals surface area contributed by atoms with E-state index in [1.54, 1.807) is 37.1 Å². The van der Waals surface area contributed by atoms with Gasteiger partial charge < -0.3 is 13.7 Å². The second kappa shape index (κ2) is 7.69. The van der Waals surface area contributed by atoms with E-state index in [9.17, 15) is 4.79 Å². The Morgan fingerprint density at radius 2 is 2.04 bits per heavy atom. The fraction of sp³-hybridized carbons (Fsp3) is 0.353. The lowest BCUT2D eigenvalue weighted by atomic mass is 9.97. The Morgan fingerprint density at radius 3 is 2.77 bits per heavy atom. The van der Waals surface area contributed by atoms with Crippen LogP contribution >= 0.6 is 11.8 Å². The van der Waals surface area contributed by atoms with Crippen molar-refractivity contribution in [3.05, 3.63) is 42.9 Å². The summed E-state index contributed by atoms with van der Waals surface area (Å²) >= 11 is 1.36. The maximum Gasteiger partial charge on any atom is 0.250 e. The minimum Gasteiger partial charge on any atom is -0.472 e. The predicted octanol–water partition coefficient (Wildman–Crippen LogP) is 2.62. The van der Waals surface area contributed by atoms with Gasteiger partial charge in [0.2, 0.25) is 11.8 Å². The normalized spacial score (nSPS) is 15.3. The molecule has 8 nitrogen and oxygen atoms in total. The highest BCUT2D eigenvalue weighted by atomic mass is 32.2. The lowest BCUT2D eigenvalue weighted by Crippen LogP contribution is -2.39. The van der Waals surface area contributed by atoms with E-state index >= 15 is 0 Å². The van der Waals surface area contributed by atoms with E-state index in [1.165, 1.54) is 11.8 Å². The van der Waals surface area contributed by atoms with Gasteiger partial charge in [-0.1, -0.05) is 11.8 Å². The summed E-state index contributed by atoms with van der Waals surface area (Å²) in [6, 6.07) is 3.54. The van der Waals surface area contributed by atoms with Crippen LogP contribution in [-0.4, -0.2) is 49.8 Å². The summed E-state index contributed by atoms with van der Waals surface area (Å²) in [7, 11) is 0. The highest BCUT2D eigenvalue weighted by molar-refractivity contribution is 7.99. The number of nitrogens with zero attached hydrogens (tertiary/aromatic N) is 5. The molecule has 1 amide bonds. The molecule has 0 atom stereocenters. The SMILES string of the molecule is O=C(CSc1ncccn1)N1CCC(c2nnc(-c3ccoc3)o2)CC1. The van der Waals surface area contributed by atoms with Gasteiger partial charge in [0.25, 0.3) is 5.89 Å². The molecule has 1 aliphatic heterocycles. The zero-order valence-electron chi connectivity index (χ0n) is 13.9. The summed E-state index contributed by atoms with van der Waals surface area (Å²) < 4.78 is 10.8. The van der Waals surface area contributed by atoms with Gasteiger partial charge in [0, 0.05) is 31.4 Å². The van der Waals surface area contributed by atoms with Crippen molar-refractivity contribution in [3.63, 3.8) is 0 Å². The molecular weight excluding hydrogens is 354 g/mol. The molecule has 134 valence electrons. The lowest BCUT2D eigenvalue weighted by Gasteiger charge is -2.30. The van der Waals surface area contributed by atoms with Gasteiger partial charge in [-0.3, -0.25) is 4.79 Å². The maximum atomic E-state index is 12.4. The van der Waals surface area contributed by atoms with Gasteiger partial charge in [-0.25, -0.2) is 9.97 Å². The van der Waals surface area contributed by atoms with Crippen LogP contribution in [0.2, 0.25) is 0 Å². The number of piperidine rings is 1. The molecule has 26 heavy (non-hydrogen) atoms. The molecule has 0 aromatic carbocycles. The molecular formula is C17H17N5O3S. The number of amides is 1. The van der Waals surface area contributed by atoms with Gasteiger partial charge in [-0.15, -0.1) is 10.2 Å². The Morgan fingerprint density at radius 1 is 1.23 bits per heavy atom. The highest BCUT2D eigenvalue weighted by Crippen LogP contribution is 2.29. The minimum atomic E-state index is 0.102. The Balaban J connectivity index is 1.29. The summed E-state index contributed by atoms with van der Waals surface area (Å²) in [5, 5.41) is 8.85. The van der Waals surface area contributed by atoms with Crippen molar-refractivity contribution in [3.8, 4) is 11.5 Å². The van der Waals surface area contributed by atoms with E-state index in [0.717, 1.165) is 18.4 Å². The van der Waals surface area contributed by atoms with Crippen LogP contribution in [0.15, 0.2) is 51.0 Å². The topological polar surface area (TPSA) is 98.2 Å². The molecule has 0 N–H and O–H groups in total. The fourth-order valence-corrected chi connectivity index (χ4v) is 3.56. The van der Waals surface area contributed by atoms with Gasteiger partial charge in [-0.2, -0.15) is 0 Å². The van der Waals surface area contributed by atoms with Crippen molar-refractivity contribution in [1.29, 1.82) is 0 Å². The number of hydrogen-bond donors (Lipinski definition) is 0. The van der Waals surface area contributed by atoms with Crippen LogP contribution in [0.3, 0.4) is 0 Å². The third kappa shape index (κ3) is 3.77. The van der Waals surface area contributed by atoms with Crippen LogP contribution in [0, 0.1) is 0 Å². The monoisotopic (exact) mass is 371 g/mol. The number of carbonyl (C=O) groups excluding carboxylic acids is 1. The van der Waals surface area contributed by atoms with Crippen molar-refractivity contribution in [2.45, 2.75) is 23.9 Å². The van der Waals surface area contributed by atoms with Crippen molar-refractivity contribution >= 4 is 17.7 Å². The second-order valence-corrected chi connectivity index (χ2v) is 6.88. The van der Waals surface area contributed by atoms with E-state index in [1.807, 2.05) is 4.90 Å². The number of hydrogen-bond acceptors (Lipinski definition) is 8. The zero-order chi connectivity index (χ0) is 17.8. The lowest BCUT2D eigenvalue weighted by molar-refractivity contribution is -0.129. The van der Waals surface area contributed by atoms with Crippen LogP contribution in [-0.2, 0) is 4.79 Å². The quantitative estimate of drug-likeness (QED) is 0.499. The first-order valence-electron chi connectivity index (χ1n) is 8.33. The van der Waals surface area contributed by atoms with Crippen molar-refractivity contribution < 1.29 is 13.6 Å². The maximum absolute atomic E-state index is 12.4. The summed E-state index contributed by atoms with van der Waals surface area (Å²) in [4.78, 5) is 22.5. The number of thioether (sulfide) groups is 1. The van der Waals surface area contributed by atoms with Crippen molar-refractivity contribution in [2.24, 2.45) is 0 Å². The molecule has 4 rings (SSSR count). The summed E-state index contributed by atoms with van der Waals surface area (Å²) in [6.07, 6.45) is 8.12. The molecule has 0 radical (unpaired) electrons. The van der Waals surface area contributed by atoms with Gasteiger partial charge in [0.15, 0.2) is 5.16 Å². The minimum absolute atomic E-state index is 0.102. The third-order valence-corrected chi connectivity index (χ3v) is 5.13. The van der Waals surface area contributed by atoms with Crippen LogP contribution in [0.5, 0.6) is 0 Å². The van der Waals surface area contributed by atoms with Crippen molar-refractivity contribution in [1.82, 2.24) is 25.1 Å². The average molecular weight is 371 g/mol. The van der Waals surface area contributed by atoms with Crippen LogP contribution in [0.1, 0.15) is 24.7 Å². The number of furan rings is 1. The van der Waals surface area contributed by atoms with Gasteiger partial charge in [0.05, 0.1) is 17.6 Å². The van der Waals surface area contributed by atoms with Gasteiger partial charge >= 0.3 is 0 Å². The first kappa shape index (κ1) is 16.8. The fourth-order valence-electron chi connectivity index (χ4n) is 2.86. The highest BCUT2D eigenvalue weighted by Gasteiger charge is 2.27. The molecule has 0 saturated carbocycles. The van der Waals surface area contributed by atoms with Crippen molar-refractivity contribution in [2.75, 3.05) is 18.8 Å². The molecule has 1 fully saturated rings. The Hall–Kier alpha value is -2.68. The Bertz CT molecular complexity index is 844. The van der Waals surface area contributed by atoms with Crippen LogP contribution < -0.4 is 0 Å². The number of aromatic nitrogens is 4. The molecule has 0 unspecified atom stereocenters. The molecule has 4 heterocycles. The summed E-state index contributed by atoms with van der Waals surface area (Å²) in [6.45, 7) is 1.37. The molecule has 3 aromatic heterocycles. The molecule has 3 aromatic rings. The van der Waals surface area contributed by atoms with E-state index in [0.29, 0.717) is 35.8 Å². The molecule has 0 bridgehead atoms. The van der Waals surface area contributed by atoms with Crippen LogP contribution in [0.25, 0.3) is 11.5 Å². The standard InChI is InChI=1S/C17H17N5O3S/c23-14(11-26-17-18-5-1-6-19-17)22-7-2-12(3-8-22)15-20-21-16(25-15)13-4-9-24-10-13/h1,4-6,9-10,12H,2-3,7-8,11H2. The van der Waals surface area contributed by atoms with Gasteiger partial charge in [0.1, 0.15) is 6.26 Å². The Kier molecular flexibility index (Phi) is 4.96. The zero-order valence-corrected chi connectivity index (χ0v) is 14.8. The van der Waals surface area contributed by atoms with Crippen LogP contribution in [0.4, 0.5) is 0 Å². The van der Waals surface area contributed by atoms with E-state index in [2.05, 4.69) is 20.2 Å². The number of rotatable bonds is 5.